The van der Waals surface area contributed by atoms with Crippen LogP contribution in [0.5, 0.6) is 23.0 Å². The van der Waals surface area contributed by atoms with Crippen LogP contribution in [-0.2, 0) is 4.79 Å². The molecule has 0 heterocycles. The van der Waals surface area contributed by atoms with Gasteiger partial charge >= 0.3 is 0 Å². The Balaban J connectivity index is 1.68. The van der Waals surface area contributed by atoms with E-state index in [1.807, 2.05) is 49.4 Å². The standard InChI is InChI=1S/C22H20ClNO4/c1-2-26-20-10-6-7-11-21(20)27-15-22(25)24-18-14-16(23)12-13-19(18)28-17-8-4-3-5-9-17/h3-14H,2,15H2,1H3,(H,24,25). The van der Waals surface area contributed by atoms with Gasteiger partial charge in [-0.1, -0.05) is 41.9 Å². The number of carbonyl (C=O) groups is 1. The van der Waals surface area contributed by atoms with Crippen molar-refractivity contribution in [2.45, 2.75) is 6.92 Å². The molecule has 0 aliphatic heterocycles. The van der Waals surface area contributed by atoms with E-state index >= 15 is 0 Å². The van der Waals surface area contributed by atoms with E-state index < -0.39 is 0 Å². The number of benzene rings is 3. The molecule has 0 unspecified atom stereocenters. The molecule has 0 bridgehead atoms. The van der Waals surface area contributed by atoms with E-state index in [1.54, 1.807) is 30.3 Å². The molecule has 0 radical (unpaired) electrons. The van der Waals surface area contributed by atoms with Crippen LogP contribution in [0.3, 0.4) is 0 Å². The summed E-state index contributed by atoms with van der Waals surface area (Å²) in [6.07, 6.45) is 0. The van der Waals surface area contributed by atoms with Crippen LogP contribution in [0.1, 0.15) is 6.92 Å². The Morgan fingerprint density at radius 3 is 2.29 bits per heavy atom. The van der Waals surface area contributed by atoms with Crippen molar-refractivity contribution in [2.75, 3.05) is 18.5 Å². The Morgan fingerprint density at radius 2 is 1.57 bits per heavy atom. The lowest BCUT2D eigenvalue weighted by Gasteiger charge is -2.14. The minimum Gasteiger partial charge on any atom is -0.490 e. The average Bonchev–Trinajstić information content (AvgIpc) is 2.70. The number of hydrogen-bond donors (Lipinski definition) is 1. The summed E-state index contributed by atoms with van der Waals surface area (Å²) < 4.78 is 16.9. The first-order valence-corrected chi connectivity index (χ1v) is 9.20. The number of nitrogens with one attached hydrogen (secondary N) is 1. The third kappa shape index (κ3) is 5.41. The highest BCUT2D eigenvalue weighted by Crippen LogP contribution is 2.32. The maximum Gasteiger partial charge on any atom is 0.262 e. The molecule has 0 spiro atoms. The number of halogens is 1. The van der Waals surface area contributed by atoms with Gasteiger partial charge in [-0.05, 0) is 49.4 Å². The number of rotatable bonds is 8. The number of amides is 1. The lowest BCUT2D eigenvalue weighted by Crippen LogP contribution is -2.20. The molecule has 0 saturated heterocycles. The van der Waals surface area contributed by atoms with Gasteiger partial charge in [0.25, 0.3) is 5.91 Å². The van der Waals surface area contributed by atoms with Crippen LogP contribution < -0.4 is 19.5 Å². The molecule has 0 aromatic heterocycles. The SMILES string of the molecule is CCOc1ccccc1OCC(=O)Nc1cc(Cl)ccc1Oc1ccccc1. The van der Waals surface area contributed by atoms with E-state index in [2.05, 4.69) is 5.32 Å². The Labute approximate surface area is 168 Å². The molecule has 1 N–H and O–H groups in total. The first kappa shape index (κ1) is 19.6. The van der Waals surface area contributed by atoms with Crippen molar-refractivity contribution < 1.29 is 19.0 Å². The summed E-state index contributed by atoms with van der Waals surface area (Å²) in [6, 6.07) is 21.5. The van der Waals surface area contributed by atoms with Crippen LogP contribution >= 0.6 is 11.6 Å². The second-order valence-electron chi connectivity index (χ2n) is 5.77. The van der Waals surface area contributed by atoms with Crippen molar-refractivity contribution in [3.8, 4) is 23.0 Å². The molecule has 0 atom stereocenters. The predicted molar refractivity (Wildman–Crippen MR) is 110 cm³/mol. The quantitative estimate of drug-likeness (QED) is 0.541. The topological polar surface area (TPSA) is 56.8 Å². The molecular formula is C22H20ClNO4. The van der Waals surface area contributed by atoms with Gasteiger partial charge in [-0.15, -0.1) is 0 Å². The third-order valence-corrected chi connectivity index (χ3v) is 3.93. The largest absolute Gasteiger partial charge is 0.490 e. The van der Waals surface area contributed by atoms with Gasteiger partial charge in [0.1, 0.15) is 5.75 Å². The van der Waals surface area contributed by atoms with Crippen molar-refractivity contribution in [3.05, 3.63) is 77.8 Å². The molecule has 5 nitrogen and oxygen atoms in total. The summed E-state index contributed by atoms with van der Waals surface area (Å²) in [6.45, 7) is 2.22. The molecule has 6 heteroatoms. The number of hydrogen-bond acceptors (Lipinski definition) is 4. The van der Waals surface area contributed by atoms with Crippen molar-refractivity contribution in [1.29, 1.82) is 0 Å². The third-order valence-electron chi connectivity index (χ3n) is 3.69. The van der Waals surface area contributed by atoms with Gasteiger partial charge in [0, 0.05) is 5.02 Å². The molecule has 0 aliphatic carbocycles. The van der Waals surface area contributed by atoms with E-state index in [4.69, 9.17) is 25.8 Å². The summed E-state index contributed by atoms with van der Waals surface area (Å²) in [4.78, 5) is 12.4. The van der Waals surface area contributed by atoms with Gasteiger partial charge in [-0.2, -0.15) is 0 Å². The summed E-state index contributed by atoms with van der Waals surface area (Å²) in [5, 5.41) is 3.26. The van der Waals surface area contributed by atoms with Crippen molar-refractivity contribution in [3.63, 3.8) is 0 Å². The molecule has 0 aliphatic rings. The van der Waals surface area contributed by atoms with Gasteiger partial charge in [0.15, 0.2) is 23.9 Å². The number of carbonyl (C=O) groups excluding carboxylic acids is 1. The zero-order valence-electron chi connectivity index (χ0n) is 15.4. The molecule has 144 valence electrons. The number of ether oxygens (including phenoxy) is 3. The lowest BCUT2D eigenvalue weighted by atomic mass is 10.2. The molecule has 3 aromatic rings. The van der Waals surface area contributed by atoms with Crippen LogP contribution in [0.4, 0.5) is 5.69 Å². The van der Waals surface area contributed by atoms with Crippen molar-refractivity contribution in [2.24, 2.45) is 0 Å². The zero-order valence-corrected chi connectivity index (χ0v) is 16.1. The Morgan fingerprint density at radius 1 is 0.893 bits per heavy atom. The van der Waals surface area contributed by atoms with Gasteiger partial charge in [0.2, 0.25) is 0 Å². The first-order chi connectivity index (χ1) is 13.7. The molecule has 0 saturated carbocycles. The van der Waals surface area contributed by atoms with E-state index in [0.717, 1.165) is 0 Å². The second-order valence-corrected chi connectivity index (χ2v) is 6.21. The Kier molecular flexibility index (Phi) is 6.76. The normalized spacial score (nSPS) is 10.2. The maximum atomic E-state index is 12.4. The van der Waals surface area contributed by atoms with Crippen LogP contribution in [0, 0.1) is 0 Å². The molecule has 0 fully saturated rings. The minimum absolute atomic E-state index is 0.179. The average molecular weight is 398 g/mol. The first-order valence-electron chi connectivity index (χ1n) is 8.82. The monoisotopic (exact) mass is 397 g/mol. The Bertz CT molecular complexity index is 931. The fraction of sp³-hybridized carbons (Fsp3) is 0.136. The highest BCUT2D eigenvalue weighted by atomic mass is 35.5. The van der Waals surface area contributed by atoms with Crippen LogP contribution in [0.25, 0.3) is 0 Å². The lowest BCUT2D eigenvalue weighted by molar-refractivity contribution is -0.118. The maximum absolute atomic E-state index is 12.4. The van der Waals surface area contributed by atoms with E-state index in [0.29, 0.717) is 40.3 Å². The van der Waals surface area contributed by atoms with Gasteiger partial charge in [-0.25, -0.2) is 0 Å². The fourth-order valence-corrected chi connectivity index (χ4v) is 2.65. The molecule has 28 heavy (non-hydrogen) atoms. The van der Waals surface area contributed by atoms with Crippen LogP contribution in [0.15, 0.2) is 72.8 Å². The smallest absolute Gasteiger partial charge is 0.262 e. The molecular weight excluding hydrogens is 378 g/mol. The predicted octanol–water partition coefficient (Wildman–Crippen LogP) is 5.55. The van der Waals surface area contributed by atoms with E-state index in [9.17, 15) is 4.79 Å². The summed E-state index contributed by atoms with van der Waals surface area (Å²) in [5.41, 5.74) is 0.461. The minimum atomic E-state index is -0.341. The second kappa shape index (κ2) is 9.67. The highest BCUT2D eigenvalue weighted by molar-refractivity contribution is 6.31. The Hall–Kier alpha value is -3.18. The van der Waals surface area contributed by atoms with Gasteiger partial charge < -0.3 is 19.5 Å². The van der Waals surface area contributed by atoms with E-state index in [1.165, 1.54) is 0 Å². The zero-order chi connectivity index (χ0) is 19.8. The van der Waals surface area contributed by atoms with Crippen LogP contribution in [-0.4, -0.2) is 19.1 Å². The van der Waals surface area contributed by atoms with Gasteiger partial charge in [0.05, 0.1) is 12.3 Å². The summed E-state index contributed by atoms with van der Waals surface area (Å²) >= 11 is 6.08. The van der Waals surface area contributed by atoms with Crippen molar-refractivity contribution >= 4 is 23.2 Å². The fourth-order valence-electron chi connectivity index (χ4n) is 2.48. The summed E-state index contributed by atoms with van der Waals surface area (Å²) in [5.74, 6) is 1.90. The summed E-state index contributed by atoms with van der Waals surface area (Å²) in [7, 11) is 0. The number of para-hydroxylation sites is 3. The van der Waals surface area contributed by atoms with Crippen molar-refractivity contribution in [1.82, 2.24) is 0 Å². The number of anilines is 1. The van der Waals surface area contributed by atoms with Gasteiger partial charge in [-0.3, -0.25) is 4.79 Å². The van der Waals surface area contributed by atoms with E-state index in [-0.39, 0.29) is 12.5 Å². The highest BCUT2D eigenvalue weighted by Gasteiger charge is 2.12. The molecule has 1 amide bonds. The molecule has 3 rings (SSSR count). The van der Waals surface area contributed by atoms with Crippen LogP contribution in [0.2, 0.25) is 5.02 Å². The molecule has 3 aromatic carbocycles.